The average molecular weight is 249 g/mol. The third-order valence-electron chi connectivity index (χ3n) is 3.63. The predicted octanol–water partition coefficient (Wildman–Crippen LogP) is 1.96. The number of hydrogen-bond donors (Lipinski definition) is 1. The van der Waals surface area contributed by atoms with E-state index in [9.17, 15) is 0 Å². The first kappa shape index (κ1) is 13.3. The molecule has 0 bridgehead atoms. The highest BCUT2D eigenvalue weighted by Crippen LogP contribution is 2.18. The number of nitrogens with zero attached hydrogens (tertiary/aromatic N) is 2. The second kappa shape index (κ2) is 6.16. The summed E-state index contributed by atoms with van der Waals surface area (Å²) < 4.78 is 5.80. The molecule has 0 amide bonds. The van der Waals surface area contributed by atoms with Crippen LogP contribution < -0.4 is 10.5 Å². The molecule has 18 heavy (non-hydrogen) atoms. The molecule has 1 aromatic heterocycles. The first-order valence-electron chi connectivity index (χ1n) is 6.71. The van der Waals surface area contributed by atoms with E-state index in [1.807, 2.05) is 19.1 Å². The zero-order chi connectivity index (χ0) is 13.0. The van der Waals surface area contributed by atoms with Crippen molar-refractivity contribution in [2.75, 3.05) is 20.2 Å². The molecule has 2 atom stereocenters. The highest BCUT2D eigenvalue weighted by molar-refractivity contribution is 5.22. The highest BCUT2D eigenvalue weighted by Gasteiger charge is 2.19. The van der Waals surface area contributed by atoms with Gasteiger partial charge in [0.25, 0.3) is 0 Å². The van der Waals surface area contributed by atoms with E-state index in [0.29, 0.717) is 18.5 Å². The molecule has 2 unspecified atom stereocenters. The molecule has 1 aliphatic heterocycles. The molecule has 2 N–H and O–H groups in total. The lowest BCUT2D eigenvalue weighted by Crippen LogP contribution is -2.40. The Morgan fingerprint density at radius 1 is 1.56 bits per heavy atom. The van der Waals surface area contributed by atoms with Gasteiger partial charge in [-0.3, -0.25) is 0 Å². The highest BCUT2D eigenvalue weighted by atomic mass is 16.5. The van der Waals surface area contributed by atoms with E-state index in [-0.39, 0.29) is 6.04 Å². The van der Waals surface area contributed by atoms with Gasteiger partial charge in [0.2, 0.25) is 5.88 Å². The second-order valence-corrected chi connectivity index (χ2v) is 5.16. The fourth-order valence-corrected chi connectivity index (χ4v) is 2.32. The molecule has 4 heteroatoms. The molecule has 1 saturated heterocycles. The van der Waals surface area contributed by atoms with Crippen LogP contribution in [0.3, 0.4) is 0 Å². The number of likely N-dealkylation sites (N-methyl/N-ethyl adjacent to an activating group) is 1. The van der Waals surface area contributed by atoms with Gasteiger partial charge in [-0.05, 0) is 45.0 Å². The molecular weight excluding hydrogens is 226 g/mol. The lowest BCUT2D eigenvalue weighted by Gasteiger charge is -2.31. The summed E-state index contributed by atoms with van der Waals surface area (Å²) in [7, 11) is 2.17. The number of aromatic nitrogens is 1. The van der Waals surface area contributed by atoms with E-state index in [1.165, 1.54) is 25.8 Å². The van der Waals surface area contributed by atoms with Crippen LogP contribution in [-0.2, 0) is 0 Å². The van der Waals surface area contributed by atoms with Gasteiger partial charge in [-0.25, -0.2) is 4.98 Å². The van der Waals surface area contributed by atoms with Gasteiger partial charge in [-0.15, -0.1) is 0 Å². The van der Waals surface area contributed by atoms with Crippen molar-refractivity contribution in [2.24, 2.45) is 5.73 Å². The number of rotatable bonds is 4. The van der Waals surface area contributed by atoms with Crippen LogP contribution >= 0.6 is 0 Å². The van der Waals surface area contributed by atoms with Crippen molar-refractivity contribution in [1.29, 1.82) is 0 Å². The van der Waals surface area contributed by atoms with E-state index in [0.717, 1.165) is 5.56 Å². The summed E-state index contributed by atoms with van der Waals surface area (Å²) in [5, 5.41) is 0. The maximum absolute atomic E-state index is 5.85. The van der Waals surface area contributed by atoms with Crippen LogP contribution in [0, 0.1) is 0 Å². The summed E-state index contributed by atoms with van der Waals surface area (Å²) >= 11 is 0. The first-order valence-corrected chi connectivity index (χ1v) is 6.71. The number of hydrogen-bond acceptors (Lipinski definition) is 4. The van der Waals surface area contributed by atoms with E-state index in [4.69, 9.17) is 10.5 Å². The number of ether oxygens (including phenoxy) is 1. The maximum atomic E-state index is 5.85. The van der Waals surface area contributed by atoms with Crippen LogP contribution in [0.4, 0.5) is 0 Å². The summed E-state index contributed by atoms with van der Waals surface area (Å²) in [5.74, 6) is 0.684. The average Bonchev–Trinajstić information content (AvgIpc) is 2.38. The third-order valence-corrected chi connectivity index (χ3v) is 3.63. The lowest BCUT2D eigenvalue weighted by atomic mass is 10.0. The summed E-state index contributed by atoms with van der Waals surface area (Å²) in [5.41, 5.74) is 6.92. The van der Waals surface area contributed by atoms with Crippen molar-refractivity contribution < 1.29 is 4.74 Å². The monoisotopic (exact) mass is 249 g/mol. The fraction of sp³-hybridized carbons (Fsp3) is 0.643. The zero-order valence-electron chi connectivity index (χ0n) is 11.3. The summed E-state index contributed by atoms with van der Waals surface area (Å²) in [6.07, 6.45) is 5.57. The number of likely N-dealkylation sites (tertiary alicyclic amines) is 1. The molecule has 100 valence electrons. The van der Waals surface area contributed by atoms with Gasteiger partial charge >= 0.3 is 0 Å². The van der Waals surface area contributed by atoms with Gasteiger partial charge in [-0.1, -0.05) is 6.42 Å². The van der Waals surface area contributed by atoms with Crippen LogP contribution in [0.15, 0.2) is 18.3 Å². The van der Waals surface area contributed by atoms with Crippen LogP contribution in [-0.4, -0.2) is 36.1 Å². The van der Waals surface area contributed by atoms with E-state index < -0.39 is 0 Å². The predicted molar refractivity (Wildman–Crippen MR) is 72.6 cm³/mol. The second-order valence-electron chi connectivity index (χ2n) is 5.16. The van der Waals surface area contributed by atoms with E-state index in [2.05, 4.69) is 16.9 Å². The van der Waals surface area contributed by atoms with Crippen molar-refractivity contribution in [3.63, 3.8) is 0 Å². The van der Waals surface area contributed by atoms with Gasteiger partial charge in [0.1, 0.15) is 6.61 Å². The molecule has 4 nitrogen and oxygen atoms in total. The van der Waals surface area contributed by atoms with Crippen molar-refractivity contribution in [3.8, 4) is 5.88 Å². The Kier molecular flexibility index (Phi) is 4.55. The minimum atomic E-state index is 0.0210. The molecule has 0 spiro atoms. The number of nitrogens with two attached hydrogens (primary N) is 1. The van der Waals surface area contributed by atoms with Gasteiger partial charge in [0.15, 0.2) is 0 Å². The number of piperidine rings is 1. The van der Waals surface area contributed by atoms with Crippen LogP contribution in [0.2, 0.25) is 0 Å². The maximum Gasteiger partial charge on any atom is 0.213 e. The molecule has 1 aromatic rings. The Morgan fingerprint density at radius 2 is 2.39 bits per heavy atom. The van der Waals surface area contributed by atoms with Crippen LogP contribution in [0.25, 0.3) is 0 Å². The zero-order valence-corrected chi connectivity index (χ0v) is 11.3. The molecule has 0 saturated carbocycles. The summed E-state index contributed by atoms with van der Waals surface area (Å²) in [4.78, 5) is 6.61. The van der Waals surface area contributed by atoms with E-state index >= 15 is 0 Å². The van der Waals surface area contributed by atoms with Crippen molar-refractivity contribution in [3.05, 3.63) is 23.9 Å². The molecule has 1 aliphatic rings. The van der Waals surface area contributed by atoms with Gasteiger partial charge < -0.3 is 15.4 Å². The Labute approximate surface area is 109 Å². The molecule has 2 heterocycles. The largest absolute Gasteiger partial charge is 0.476 e. The molecule has 2 rings (SSSR count). The van der Waals surface area contributed by atoms with Gasteiger partial charge in [-0.2, -0.15) is 0 Å². The van der Waals surface area contributed by atoms with Crippen molar-refractivity contribution in [1.82, 2.24) is 9.88 Å². The smallest absolute Gasteiger partial charge is 0.213 e. The Bertz CT molecular complexity index is 381. The first-order chi connectivity index (χ1) is 8.66. The molecule has 0 radical (unpaired) electrons. The number of pyridine rings is 1. The standard InChI is InChI=1S/C14H23N3O/c1-11(15)12-6-7-16-14(9-12)18-10-13-5-3-4-8-17(13)2/h6-7,9,11,13H,3-5,8,10,15H2,1-2H3. The summed E-state index contributed by atoms with van der Waals surface area (Å²) in [6, 6.07) is 4.41. The fourth-order valence-electron chi connectivity index (χ4n) is 2.32. The minimum absolute atomic E-state index is 0.0210. The van der Waals surface area contributed by atoms with Gasteiger partial charge in [0, 0.05) is 24.3 Å². The van der Waals surface area contributed by atoms with Crippen LogP contribution in [0.5, 0.6) is 5.88 Å². The molecule has 0 aliphatic carbocycles. The Hall–Kier alpha value is -1.13. The van der Waals surface area contributed by atoms with Gasteiger partial charge in [0.05, 0.1) is 0 Å². The molecular formula is C14H23N3O. The minimum Gasteiger partial charge on any atom is -0.476 e. The van der Waals surface area contributed by atoms with E-state index in [1.54, 1.807) is 6.20 Å². The third kappa shape index (κ3) is 3.43. The normalized spacial score (nSPS) is 22.7. The summed E-state index contributed by atoms with van der Waals surface area (Å²) in [6.45, 7) is 3.85. The SMILES string of the molecule is CC(N)c1ccnc(OCC2CCCCN2C)c1. The van der Waals surface area contributed by atoms with Crippen molar-refractivity contribution in [2.45, 2.75) is 38.3 Å². The van der Waals surface area contributed by atoms with Crippen LogP contribution in [0.1, 0.15) is 37.8 Å². The quantitative estimate of drug-likeness (QED) is 0.886. The lowest BCUT2D eigenvalue weighted by molar-refractivity contribution is 0.122. The Morgan fingerprint density at radius 3 is 3.11 bits per heavy atom. The van der Waals surface area contributed by atoms with Crippen molar-refractivity contribution >= 4 is 0 Å². The topological polar surface area (TPSA) is 51.4 Å². The molecule has 0 aromatic carbocycles. The Balaban J connectivity index is 1.91. The molecule has 1 fully saturated rings.